The van der Waals surface area contributed by atoms with Gasteiger partial charge in [0, 0.05) is 18.5 Å². The fraction of sp³-hybridized carbons (Fsp3) is 0.846. The summed E-state index contributed by atoms with van der Waals surface area (Å²) in [6.45, 7) is 8.30. The maximum absolute atomic E-state index is 12.3. The molecule has 4 nitrogen and oxygen atoms in total. The summed E-state index contributed by atoms with van der Waals surface area (Å²) >= 11 is 0. The highest BCUT2D eigenvalue weighted by Gasteiger charge is 2.24. The van der Waals surface area contributed by atoms with E-state index in [9.17, 15) is 9.59 Å². The van der Waals surface area contributed by atoms with E-state index in [4.69, 9.17) is 5.11 Å². The number of carbonyl (C=O) groups excluding carboxylic acids is 1. The molecule has 17 heavy (non-hydrogen) atoms. The number of carbonyl (C=O) groups is 2. The Hall–Kier alpha value is -1.06. The van der Waals surface area contributed by atoms with Crippen molar-refractivity contribution in [2.45, 2.75) is 59.4 Å². The van der Waals surface area contributed by atoms with E-state index in [1.807, 2.05) is 27.7 Å². The second kappa shape index (κ2) is 8.09. The normalized spacial score (nSPS) is 12.5. The molecule has 1 atom stereocenters. The molecule has 0 aromatic rings. The number of carboxylic acid groups (broad SMARTS) is 1. The zero-order valence-electron chi connectivity index (χ0n) is 11.4. The molecule has 0 fully saturated rings. The van der Waals surface area contributed by atoms with Gasteiger partial charge in [0.2, 0.25) is 5.91 Å². The van der Waals surface area contributed by atoms with Crippen LogP contribution >= 0.6 is 0 Å². The standard InChI is InChI=1S/C13H25NO3/c1-5-10(4)14(9-8-12(15)16)13(17)11(6-2)7-3/h10-11H,5-9H2,1-4H3,(H,15,16). The number of hydrogen-bond acceptors (Lipinski definition) is 2. The summed E-state index contributed by atoms with van der Waals surface area (Å²) < 4.78 is 0. The van der Waals surface area contributed by atoms with Gasteiger partial charge < -0.3 is 10.0 Å². The fourth-order valence-electron chi connectivity index (χ4n) is 1.86. The van der Waals surface area contributed by atoms with E-state index >= 15 is 0 Å². The maximum atomic E-state index is 12.3. The Balaban J connectivity index is 4.65. The van der Waals surface area contributed by atoms with Crippen molar-refractivity contribution in [3.63, 3.8) is 0 Å². The van der Waals surface area contributed by atoms with Gasteiger partial charge in [0.1, 0.15) is 0 Å². The summed E-state index contributed by atoms with van der Waals surface area (Å²) in [6.07, 6.45) is 2.51. The van der Waals surface area contributed by atoms with Crippen LogP contribution in [0.1, 0.15) is 53.4 Å². The number of rotatable bonds is 8. The van der Waals surface area contributed by atoms with E-state index in [-0.39, 0.29) is 24.3 Å². The quantitative estimate of drug-likeness (QED) is 0.712. The first kappa shape index (κ1) is 15.9. The van der Waals surface area contributed by atoms with Crippen LogP contribution in [0.5, 0.6) is 0 Å². The third kappa shape index (κ3) is 5.20. The minimum Gasteiger partial charge on any atom is -0.481 e. The summed E-state index contributed by atoms with van der Waals surface area (Å²) in [4.78, 5) is 24.6. The Labute approximate surface area is 104 Å². The topological polar surface area (TPSA) is 57.6 Å². The van der Waals surface area contributed by atoms with Gasteiger partial charge in [-0.1, -0.05) is 20.8 Å². The Kier molecular flexibility index (Phi) is 7.59. The summed E-state index contributed by atoms with van der Waals surface area (Å²) in [5.74, 6) is -0.723. The summed E-state index contributed by atoms with van der Waals surface area (Å²) in [6, 6.07) is 0.113. The molecule has 1 amide bonds. The average Bonchev–Trinajstić information content (AvgIpc) is 2.30. The van der Waals surface area contributed by atoms with Gasteiger partial charge >= 0.3 is 5.97 Å². The molecular formula is C13H25NO3. The fourth-order valence-corrected chi connectivity index (χ4v) is 1.86. The van der Waals surface area contributed by atoms with Crippen LogP contribution in [0.15, 0.2) is 0 Å². The highest BCUT2D eigenvalue weighted by atomic mass is 16.4. The van der Waals surface area contributed by atoms with E-state index in [1.54, 1.807) is 4.90 Å². The third-order valence-electron chi connectivity index (χ3n) is 3.31. The smallest absolute Gasteiger partial charge is 0.305 e. The number of aliphatic carboxylic acids is 1. The van der Waals surface area contributed by atoms with Gasteiger partial charge in [0.15, 0.2) is 0 Å². The van der Waals surface area contributed by atoms with Crippen molar-refractivity contribution in [1.29, 1.82) is 0 Å². The highest BCUT2D eigenvalue weighted by molar-refractivity contribution is 5.79. The molecule has 0 rings (SSSR count). The number of nitrogens with zero attached hydrogens (tertiary/aromatic N) is 1. The Morgan fingerprint density at radius 1 is 1.12 bits per heavy atom. The predicted octanol–water partition coefficient (Wildman–Crippen LogP) is 2.52. The summed E-state index contributed by atoms with van der Waals surface area (Å²) in [7, 11) is 0. The minimum atomic E-state index is -0.851. The van der Waals surface area contributed by atoms with Gasteiger partial charge in [-0.2, -0.15) is 0 Å². The van der Waals surface area contributed by atoms with Crippen LogP contribution in [-0.2, 0) is 9.59 Å². The largest absolute Gasteiger partial charge is 0.481 e. The van der Waals surface area contributed by atoms with Crippen molar-refractivity contribution in [3.8, 4) is 0 Å². The zero-order valence-corrected chi connectivity index (χ0v) is 11.4. The SMILES string of the molecule is CCC(CC)C(=O)N(CCC(=O)O)C(C)CC. The van der Waals surface area contributed by atoms with Crippen LogP contribution < -0.4 is 0 Å². The monoisotopic (exact) mass is 243 g/mol. The van der Waals surface area contributed by atoms with Gasteiger partial charge in [-0.05, 0) is 26.2 Å². The molecular weight excluding hydrogens is 218 g/mol. The van der Waals surface area contributed by atoms with Gasteiger partial charge in [0.05, 0.1) is 6.42 Å². The molecule has 0 radical (unpaired) electrons. The maximum Gasteiger partial charge on any atom is 0.305 e. The minimum absolute atomic E-state index is 0.0240. The van der Waals surface area contributed by atoms with Crippen molar-refractivity contribution >= 4 is 11.9 Å². The van der Waals surface area contributed by atoms with Crippen LogP contribution in [0, 0.1) is 5.92 Å². The van der Waals surface area contributed by atoms with E-state index in [0.29, 0.717) is 6.54 Å². The molecule has 1 N–H and O–H groups in total. The van der Waals surface area contributed by atoms with Gasteiger partial charge in [-0.25, -0.2) is 0 Å². The molecule has 0 aliphatic heterocycles. The molecule has 0 heterocycles. The van der Waals surface area contributed by atoms with E-state index in [0.717, 1.165) is 19.3 Å². The van der Waals surface area contributed by atoms with Crippen molar-refractivity contribution in [2.75, 3.05) is 6.54 Å². The van der Waals surface area contributed by atoms with Crippen molar-refractivity contribution < 1.29 is 14.7 Å². The number of amides is 1. The van der Waals surface area contributed by atoms with Gasteiger partial charge in [-0.15, -0.1) is 0 Å². The predicted molar refractivity (Wildman–Crippen MR) is 67.8 cm³/mol. The molecule has 0 saturated carbocycles. The summed E-state index contributed by atoms with van der Waals surface area (Å²) in [5, 5.41) is 8.71. The molecule has 0 aromatic heterocycles. The molecule has 0 saturated heterocycles. The number of hydrogen-bond donors (Lipinski definition) is 1. The lowest BCUT2D eigenvalue weighted by molar-refractivity contribution is -0.141. The molecule has 0 bridgehead atoms. The molecule has 0 aromatic carbocycles. The van der Waals surface area contributed by atoms with Crippen molar-refractivity contribution in [2.24, 2.45) is 5.92 Å². The molecule has 0 aliphatic carbocycles. The van der Waals surface area contributed by atoms with Crippen LogP contribution in [0.4, 0.5) is 0 Å². The first-order valence-corrected chi connectivity index (χ1v) is 6.50. The lowest BCUT2D eigenvalue weighted by Gasteiger charge is -2.31. The number of carboxylic acids is 1. The lowest BCUT2D eigenvalue weighted by Crippen LogP contribution is -2.43. The summed E-state index contributed by atoms with van der Waals surface area (Å²) in [5.41, 5.74) is 0. The molecule has 100 valence electrons. The first-order chi connectivity index (χ1) is 7.97. The molecule has 0 spiro atoms. The lowest BCUT2D eigenvalue weighted by atomic mass is 10.0. The van der Waals surface area contributed by atoms with Crippen LogP contribution in [-0.4, -0.2) is 34.5 Å². The molecule has 1 unspecified atom stereocenters. The third-order valence-corrected chi connectivity index (χ3v) is 3.31. The second-order valence-electron chi connectivity index (χ2n) is 4.45. The van der Waals surface area contributed by atoms with E-state index in [2.05, 4.69) is 0 Å². The Morgan fingerprint density at radius 2 is 1.65 bits per heavy atom. The van der Waals surface area contributed by atoms with E-state index in [1.165, 1.54) is 0 Å². The Bertz CT molecular complexity index is 249. The van der Waals surface area contributed by atoms with Crippen molar-refractivity contribution in [1.82, 2.24) is 4.90 Å². The Morgan fingerprint density at radius 3 is 2.00 bits per heavy atom. The first-order valence-electron chi connectivity index (χ1n) is 6.50. The van der Waals surface area contributed by atoms with Crippen LogP contribution in [0.25, 0.3) is 0 Å². The average molecular weight is 243 g/mol. The van der Waals surface area contributed by atoms with Gasteiger partial charge in [0.25, 0.3) is 0 Å². The van der Waals surface area contributed by atoms with Crippen molar-refractivity contribution in [3.05, 3.63) is 0 Å². The highest BCUT2D eigenvalue weighted by Crippen LogP contribution is 2.16. The van der Waals surface area contributed by atoms with Gasteiger partial charge in [-0.3, -0.25) is 9.59 Å². The van der Waals surface area contributed by atoms with E-state index < -0.39 is 5.97 Å². The second-order valence-corrected chi connectivity index (χ2v) is 4.45. The van der Waals surface area contributed by atoms with Crippen LogP contribution in [0.2, 0.25) is 0 Å². The van der Waals surface area contributed by atoms with Crippen LogP contribution in [0.3, 0.4) is 0 Å². The molecule has 4 heteroatoms. The zero-order chi connectivity index (χ0) is 13.4. The molecule has 0 aliphatic rings.